The third-order valence-corrected chi connectivity index (χ3v) is 10.3. The second kappa shape index (κ2) is 12.5. The number of para-hydroxylation sites is 1. The molecule has 0 saturated heterocycles. The molecule has 6 heteroatoms. The average Bonchev–Trinajstić information content (AvgIpc) is 3.59. The summed E-state index contributed by atoms with van der Waals surface area (Å²) in [7, 11) is 0. The molecular formula is C49H30N4O2. The van der Waals surface area contributed by atoms with Crippen LogP contribution < -0.4 is 9.47 Å². The number of fused-ring (bicyclic) bond motifs is 6. The lowest BCUT2D eigenvalue weighted by Crippen LogP contribution is -2.01. The van der Waals surface area contributed by atoms with Crippen molar-refractivity contribution < 1.29 is 9.47 Å². The molecule has 0 atom stereocenters. The van der Waals surface area contributed by atoms with E-state index < -0.39 is 0 Å². The van der Waals surface area contributed by atoms with Crippen LogP contribution in [0.1, 0.15) is 0 Å². The van der Waals surface area contributed by atoms with Gasteiger partial charge in [0, 0.05) is 33.2 Å². The Morgan fingerprint density at radius 3 is 1.56 bits per heavy atom. The third-order valence-electron chi connectivity index (χ3n) is 10.3. The molecular weight excluding hydrogens is 677 g/mol. The molecule has 0 N–H and O–H groups in total. The molecule has 0 spiro atoms. The third kappa shape index (κ3) is 5.39. The van der Waals surface area contributed by atoms with Crippen LogP contribution in [-0.4, -0.2) is 19.5 Å². The first-order valence-electron chi connectivity index (χ1n) is 18.3. The highest BCUT2D eigenvalue weighted by Gasteiger charge is 2.21. The lowest BCUT2D eigenvalue weighted by Gasteiger charge is -2.22. The Kier molecular flexibility index (Phi) is 7.07. The number of aromatic nitrogens is 4. The molecule has 8 aromatic carbocycles. The lowest BCUT2D eigenvalue weighted by atomic mass is 10.0. The van der Waals surface area contributed by atoms with Gasteiger partial charge in [-0.25, -0.2) is 15.0 Å². The molecule has 2 aromatic heterocycles. The first-order valence-corrected chi connectivity index (χ1v) is 18.3. The largest absolute Gasteiger partial charge is 0.449 e. The van der Waals surface area contributed by atoms with Crippen molar-refractivity contribution in [1.29, 1.82) is 0 Å². The fraction of sp³-hybridized carbons (Fsp3) is 0. The molecule has 1 aliphatic rings. The van der Waals surface area contributed by atoms with Crippen LogP contribution in [0.3, 0.4) is 0 Å². The second-order valence-electron chi connectivity index (χ2n) is 13.7. The number of hydrogen-bond acceptors (Lipinski definition) is 5. The summed E-state index contributed by atoms with van der Waals surface area (Å²) in [5.41, 5.74) is 8.09. The van der Waals surface area contributed by atoms with Gasteiger partial charge in [-0.05, 0) is 70.4 Å². The zero-order valence-electron chi connectivity index (χ0n) is 29.4. The van der Waals surface area contributed by atoms with Crippen LogP contribution in [0.5, 0.6) is 23.0 Å². The SMILES string of the molecule is c1ccc(-c2nc(-c3ccccc3)nc(-c3cccc(-n4c5ccccc5c5ccc(-c6ccc7c(c6)Oc6cc8ccccc8cc6O7)cc54)c3)n2)cc1. The summed E-state index contributed by atoms with van der Waals surface area (Å²) in [4.78, 5) is 14.9. The maximum Gasteiger partial charge on any atom is 0.170 e. The van der Waals surface area contributed by atoms with Gasteiger partial charge >= 0.3 is 0 Å². The van der Waals surface area contributed by atoms with Crippen molar-refractivity contribution in [3.05, 3.63) is 182 Å². The second-order valence-corrected chi connectivity index (χ2v) is 13.7. The predicted octanol–water partition coefficient (Wildman–Crippen LogP) is 12.7. The van der Waals surface area contributed by atoms with Gasteiger partial charge in [0.25, 0.3) is 0 Å². The smallest absolute Gasteiger partial charge is 0.170 e. The van der Waals surface area contributed by atoms with Gasteiger partial charge in [-0.15, -0.1) is 0 Å². The van der Waals surface area contributed by atoms with Crippen LogP contribution in [0.2, 0.25) is 0 Å². The zero-order chi connectivity index (χ0) is 36.3. The topological polar surface area (TPSA) is 62.1 Å². The van der Waals surface area contributed by atoms with Crippen LogP contribution in [0.4, 0.5) is 0 Å². The van der Waals surface area contributed by atoms with Gasteiger partial charge in [-0.2, -0.15) is 0 Å². The van der Waals surface area contributed by atoms with E-state index in [9.17, 15) is 0 Å². The molecule has 6 nitrogen and oxygen atoms in total. The highest BCUT2D eigenvalue weighted by molar-refractivity contribution is 6.10. The van der Waals surface area contributed by atoms with Gasteiger partial charge in [0.15, 0.2) is 40.5 Å². The molecule has 0 amide bonds. The van der Waals surface area contributed by atoms with Crippen molar-refractivity contribution >= 4 is 32.6 Å². The Hall–Kier alpha value is -7.57. The van der Waals surface area contributed by atoms with Crippen LogP contribution in [0.25, 0.3) is 83.6 Å². The number of ether oxygens (including phenoxy) is 2. The molecule has 1 aliphatic heterocycles. The molecule has 0 radical (unpaired) electrons. The zero-order valence-corrected chi connectivity index (χ0v) is 29.4. The summed E-state index contributed by atoms with van der Waals surface area (Å²) < 4.78 is 15.1. The van der Waals surface area contributed by atoms with Crippen molar-refractivity contribution in [3.8, 4) is 74.0 Å². The Morgan fingerprint density at radius 2 is 0.855 bits per heavy atom. The minimum absolute atomic E-state index is 0.613. The Labute approximate surface area is 316 Å². The molecule has 0 unspecified atom stereocenters. The van der Waals surface area contributed by atoms with Crippen LogP contribution in [0.15, 0.2) is 182 Å². The number of benzene rings is 8. The maximum atomic E-state index is 6.46. The monoisotopic (exact) mass is 706 g/mol. The van der Waals surface area contributed by atoms with Crippen LogP contribution in [-0.2, 0) is 0 Å². The number of rotatable bonds is 5. The van der Waals surface area contributed by atoms with E-state index in [2.05, 4.69) is 95.6 Å². The van der Waals surface area contributed by atoms with E-state index in [0.717, 1.165) is 61.1 Å². The van der Waals surface area contributed by atoms with Crippen molar-refractivity contribution in [1.82, 2.24) is 19.5 Å². The van der Waals surface area contributed by atoms with Crippen molar-refractivity contribution in [2.24, 2.45) is 0 Å². The fourth-order valence-corrected chi connectivity index (χ4v) is 7.60. The van der Waals surface area contributed by atoms with E-state index in [1.807, 2.05) is 91.0 Å². The predicted molar refractivity (Wildman–Crippen MR) is 220 cm³/mol. The van der Waals surface area contributed by atoms with E-state index in [1.54, 1.807) is 0 Å². The molecule has 0 fully saturated rings. The normalized spacial score (nSPS) is 11.9. The molecule has 10 aromatic rings. The summed E-state index contributed by atoms with van der Waals surface area (Å²) in [6.45, 7) is 0. The first-order chi connectivity index (χ1) is 27.2. The van der Waals surface area contributed by atoms with Crippen LogP contribution >= 0.6 is 0 Å². The molecule has 3 heterocycles. The van der Waals surface area contributed by atoms with E-state index in [4.69, 9.17) is 24.4 Å². The number of nitrogens with zero attached hydrogens (tertiary/aromatic N) is 4. The van der Waals surface area contributed by atoms with Crippen LogP contribution in [0, 0.1) is 0 Å². The van der Waals surface area contributed by atoms with Gasteiger partial charge < -0.3 is 14.0 Å². The minimum Gasteiger partial charge on any atom is -0.449 e. The summed E-state index contributed by atoms with van der Waals surface area (Å²) in [6, 6.07) is 62.3. The summed E-state index contributed by atoms with van der Waals surface area (Å²) in [5, 5.41) is 4.57. The van der Waals surface area contributed by atoms with E-state index in [0.29, 0.717) is 34.7 Å². The summed E-state index contributed by atoms with van der Waals surface area (Å²) >= 11 is 0. The molecule has 0 bridgehead atoms. The Balaban J connectivity index is 1.02. The molecule has 0 saturated carbocycles. The summed E-state index contributed by atoms with van der Waals surface area (Å²) in [5.74, 6) is 4.70. The molecule has 258 valence electrons. The van der Waals surface area contributed by atoms with Gasteiger partial charge in [0.05, 0.1) is 11.0 Å². The van der Waals surface area contributed by atoms with E-state index >= 15 is 0 Å². The lowest BCUT2D eigenvalue weighted by molar-refractivity contribution is 0.360. The highest BCUT2D eigenvalue weighted by Crippen LogP contribution is 2.48. The van der Waals surface area contributed by atoms with Gasteiger partial charge in [-0.3, -0.25) is 0 Å². The van der Waals surface area contributed by atoms with Gasteiger partial charge in [0.1, 0.15) is 0 Å². The fourth-order valence-electron chi connectivity index (χ4n) is 7.60. The molecule has 0 aliphatic carbocycles. The minimum atomic E-state index is 0.613. The van der Waals surface area contributed by atoms with E-state index in [-0.39, 0.29) is 0 Å². The molecule has 11 rings (SSSR count). The van der Waals surface area contributed by atoms with Gasteiger partial charge in [-0.1, -0.05) is 133 Å². The Morgan fingerprint density at radius 1 is 0.327 bits per heavy atom. The van der Waals surface area contributed by atoms with Crippen molar-refractivity contribution in [2.45, 2.75) is 0 Å². The van der Waals surface area contributed by atoms with Crippen molar-refractivity contribution in [3.63, 3.8) is 0 Å². The Bertz CT molecular complexity index is 3040. The summed E-state index contributed by atoms with van der Waals surface area (Å²) in [6.07, 6.45) is 0. The number of hydrogen-bond donors (Lipinski definition) is 0. The average molecular weight is 707 g/mol. The first kappa shape index (κ1) is 31.0. The standard InChI is InChI=1S/C49H30N4O2/c1-3-12-31(13-4-1)47-50-48(32-14-5-2-6-15-32)52-49(51-47)37-18-11-19-38(26-37)53-41-21-10-9-20-39(41)40-24-22-35(27-42(40)53)36-23-25-43-44(30-36)55-46-29-34-17-8-7-16-33(34)28-45(46)54-43/h1-30H. The molecule has 55 heavy (non-hydrogen) atoms. The highest BCUT2D eigenvalue weighted by atomic mass is 16.6. The quantitative estimate of drug-likeness (QED) is 0.178. The van der Waals surface area contributed by atoms with Crippen molar-refractivity contribution in [2.75, 3.05) is 0 Å². The van der Waals surface area contributed by atoms with Gasteiger partial charge in [0.2, 0.25) is 0 Å². The van der Waals surface area contributed by atoms with E-state index in [1.165, 1.54) is 10.8 Å². The maximum absolute atomic E-state index is 6.46.